The molecular weight excluding hydrogens is 250 g/mol. The van der Waals surface area contributed by atoms with Gasteiger partial charge >= 0.3 is 11.4 Å². The molecule has 0 bridgehead atoms. The first-order chi connectivity index (χ1) is 8.36. The van der Waals surface area contributed by atoms with E-state index in [2.05, 4.69) is 10.3 Å². The number of nitro groups is 2. The third-order valence-corrected chi connectivity index (χ3v) is 2.26. The van der Waals surface area contributed by atoms with E-state index < -0.39 is 43.6 Å². The van der Waals surface area contributed by atoms with Gasteiger partial charge in [-0.1, -0.05) is 4.85 Å². The third-order valence-electron chi connectivity index (χ3n) is 2.26. The molecule has 18 heavy (non-hydrogen) atoms. The lowest BCUT2D eigenvalue weighted by atomic mass is 10.1. The molecule has 0 unspecified atom stereocenters. The predicted octanol–water partition coefficient (Wildman–Crippen LogP) is -0.351. The number of aromatic nitrogens is 3. The first-order valence-corrected chi connectivity index (χ1v) is 4.30. The van der Waals surface area contributed by atoms with Crippen LogP contribution in [0.1, 0.15) is 0 Å². The Morgan fingerprint density at radius 3 is 2.17 bits per heavy atom. The normalized spacial score (nSPS) is 10.7. The highest BCUT2D eigenvalue weighted by molar-refractivity contribution is 6.05. The summed E-state index contributed by atoms with van der Waals surface area (Å²) in [6.45, 7) is 0. The van der Waals surface area contributed by atoms with Crippen LogP contribution < -0.4 is 11.5 Å². The number of nitrogens with two attached hydrogens (primary N) is 2. The summed E-state index contributed by atoms with van der Waals surface area (Å²) in [7, 11) is 0. The lowest BCUT2D eigenvalue weighted by Gasteiger charge is -2.03. The van der Waals surface area contributed by atoms with Gasteiger partial charge in [0.1, 0.15) is 5.69 Å². The molecule has 12 nitrogen and oxygen atoms in total. The van der Waals surface area contributed by atoms with E-state index in [0.717, 1.165) is 0 Å². The molecule has 1 aromatic heterocycles. The van der Waals surface area contributed by atoms with E-state index in [1.54, 1.807) is 0 Å². The smallest absolute Gasteiger partial charge is 0.329 e. The number of fused-ring (bicyclic) bond motifs is 1. The number of benzene rings is 1. The molecule has 12 heteroatoms. The van der Waals surface area contributed by atoms with Crippen LogP contribution in [0.3, 0.4) is 0 Å². The highest BCUT2D eigenvalue weighted by Gasteiger charge is 2.34. The Bertz CT molecular complexity index is 691. The van der Waals surface area contributed by atoms with Crippen LogP contribution in [0.25, 0.3) is 11.0 Å². The van der Waals surface area contributed by atoms with Gasteiger partial charge in [0.15, 0.2) is 16.7 Å². The average Bonchev–Trinajstić information content (AvgIpc) is 2.59. The highest BCUT2D eigenvalue weighted by Crippen LogP contribution is 2.42. The number of nitro benzene ring substituents is 2. The number of anilines is 2. The molecule has 0 aliphatic rings. The van der Waals surface area contributed by atoms with E-state index >= 15 is 0 Å². The highest BCUT2D eigenvalue weighted by atomic mass is 16.6. The van der Waals surface area contributed by atoms with Gasteiger partial charge in [-0.05, 0) is 5.21 Å². The quantitative estimate of drug-likeness (QED) is 0.278. The van der Waals surface area contributed by atoms with Gasteiger partial charge in [-0.2, -0.15) is 0 Å². The van der Waals surface area contributed by atoms with E-state index in [-0.39, 0.29) is 4.85 Å². The average molecular weight is 255 g/mol. The molecule has 2 rings (SSSR count). The van der Waals surface area contributed by atoms with E-state index in [1.807, 2.05) is 0 Å². The molecule has 0 saturated heterocycles. The van der Waals surface area contributed by atoms with Crippen molar-refractivity contribution in [1.29, 1.82) is 0 Å². The maximum atomic E-state index is 10.8. The van der Waals surface area contributed by atoms with E-state index in [0.29, 0.717) is 0 Å². The molecule has 94 valence electrons. The summed E-state index contributed by atoms with van der Waals surface area (Å²) in [5, 5.41) is 37.3. The summed E-state index contributed by atoms with van der Waals surface area (Å²) in [6.07, 6.45) is 0. The Kier molecular flexibility index (Phi) is 2.14. The van der Waals surface area contributed by atoms with Crippen LogP contribution >= 0.6 is 0 Å². The number of hydrogen-bond donors (Lipinski definition) is 3. The number of nitrogen functional groups attached to an aromatic ring is 2. The third kappa shape index (κ3) is 1.25. The number of nitrogens with zero attached hydrogens (tertiary/aromatic N) is 5. The van der Waals surface area contributed by atoms with E-state index in [9.17, 15) is 25.4 Å². The summed E-state index contributed by atoms with van der Waals surface area (Å²) in [5.41, 5.74) is 6.91. The second kappa shape index (κ2) is 3.41. The van der Waals surface area contributed by atoms with Crippen molar-refractivity contribution in [1.82, 2.24) is 15.2 Å². The summed E-state index contributed by atoms with van der Waals surface area (Å²) < 4.78 is 0. The first-order valence-electron chi connectivity index (χ1n) is 4.30. The van der Waals surface area contributed by atoms with Crippen LogP contribution in [0.5, 0.6) is 0 Å². The Labute approximate surface area is 96.6 Å². The Hall–Kier alpha value is -3.18. The topological polar surface area (TPSA) is 189 Å². The summed E-state index contributed by atoms with van der Waals surface area (Å²) >= 11 is 0. The Morgan fingerprint density at radius 2 is 1.67 bits per heavy atom. The van der Waals surface area contributed by atoms with Gasteiger partial charge < -0.3 is 16.7 Å². The van der Waals surface area contributed by atoms with Crippen LogP contribution in [0, 0.1) is 20.2 Å². The van der Waals surface area contributed by atoms with Gasteiger partial charge in [0, 0.05) is 0 Å². The molecule has 5 N–H and O–H groups in total. The zero-order valence-electron chi connectivity index (χ0n) is 8.47. The minimum atomic E-state index is -0.982. The van der Waals surface area contributed by atoms with Crippen LogP contribution in [0.2, 0.25) is 0 Å². The van der Waals surface area contributed by atoms with Gasteiger partial charge in [0.25, 0.3) is 0 Å². The molecule has 0 fully saturated rings. The maximum Gasteiger partial charge on any atom is 0.329 e. The Balaban J connectivity index is 3.08. The first kappa shape index (κ1) is 11.3. The molecule has 0 saturated carbocycles. The zero-order valence-corrected chi connectivity index (χ0v) is 8.47. The van der Waals surface area contributed by atoms with Crippen molar-refractivity contribution in [3.63, 3.8) is 0 Å². The van der Waals surface area contributed by atoms with Gasteiger partial charge in [0.05, 0.1) is 9.85 Å². The molecular formula is C6H5N7O5. The van der Waals surface area contributed by atoms with Crippen LogP contribution in [0.15, 0.2) is 0 Å². The van der Waals surface area contributed by atoms with Gasteiger partial charge in [-0.3, -0.25) is 20.2 Å². The molecule has 1 heterocycles. The minimum absolute atomic E-state index is 0.115. The second-order valence-electron chi connectivity index (χ2n) is 3.21. The number of hydrogen-bond acceptors (Lipinski definition) is 9. The van der Waals surface area contributed by atoms with Gasteiger partial charge in [-0.15, -0.1) is 5.10 Å². The Morgan fingerprint density at radius 1 is 1.11 bits per heavy atom. The standard InChI is InChI=1S/C6H5N7O5/c7-1-4(12(15)16)2(8)6(13(17)18)3-5(1)11(14)10-9-3/h14H,7-8H2. The molecule has 0 atom stereocenters. The molecule has 1 aromatic carbocycles. The molecule has 0 amide bonds. The van der Waals surface area contributed by atoms with E-state index in [4.69, 9.17) is 11.5 Å². The predicted molar refractivity (Wildman–Crippen MR) is 56.8 cm³/mol. The van der Waals surface area contributed by atoms with Gasteiger partial charge in [0.2, 0.25) is 0 Å². The lowest BCUT2D eigenvalue weighted by Crippen LogP contribution is -2.06. The lowest BCUT2D eigenvalue weighted by molar-refractivity contribution is -0.390. The fourth-order valence-corrected chi connectivity index (χ4v) is 1.55. The molecule has 0 aliphatic heterocycles. The van der Waals surface area contributed by atoms with Gasteiger partial charge in [-0.25, -0.2) is 0 Å². The monoisotopic (exact) mass is 255 g/mol. The van der Waals surface area contributed by atoms with Crippen molar-refractivity contribution in [3.05, 3.63) is 20.2 Å². The SMILES string of the molecule is Nc1c([N+](=O)[O-])c(N)c2c(nnn2O)c1[N+](=O)[O-]. The van der Waals surface area contributed by atoms with E-state index in [1.165, 1.54) is 0 Å². The fourth-order valence-electron chi connectivity index (χ4n) is 1.55. The zero-order chi connectivity index (χ0) is 13.6. The fraction of sp³-hybridized carbons (Fsp3) is 0. The van der Waals surface area contributed by atoms with Crippen molar-refractivity contribution < 1.29 is 15.1 Å². The van der Waals surface area contributed by atoms with Crippen molar-refractivity contribution in [2.24, 2.45) is 0 Å². The van der Waals surface area contributed by atoms with Crippen LogP contribution in [0.4, 0.5) is 22.7 Å². The van der Waals surface area contributed by atoms with Crippen LogP contribution in [-0.4, -0.2) is 30.2 Å². The molecule has 0 aliphatic carbocycles. The maximum absolute atomic E-state index is 10.8. The summed E-state index contributed by atoms with van der Waals surface area (Å²) in [4.78, 5) is 19.8. The van der Waals surface area contributed by atoms with Crippen LogP contribution in [-0.2, 0) is 0 Å². The molecule has 0 radical (unpaired) electrons. The second-order valence-corrected chi connectivity index (χ2v) is 3.21. The van der Waals surface area contributed by atoms with Crippen molar-refractivity contribution in [2.75, 3.05) is 11.5 Å². The summed E-state index contributed by atoms with van der Waals surface area (Å²) in [6, 6.07) is 0. The largest absolute Gasteiger partial charge is 0.410 e. The van der Waals surface area contributed by atoms with Crippen molar-refractivity contribution in [2.45, 2.75) is 0 Å². The summed E-state index contributed by atoms with van der Waals surface area (Å²) in [5.74, 6) is 0. The molecule has 0 spiro atoms. The minimum Gasteiger partial charge on any atom is -0.410 e. The number of rotatable bonds is 2. The molecule has 2 aromatic rings. The van der Waals surface area contributed by atoms with Crippen molar-refractivity contribution in [3.8, 4) is 0 Å². The van der Waals surface area contributed by atoms with Crippen molar-refractivity contribution >= 4 is 33.8 Å².